The number of carboxylic acids is 1. The van der Waals surface area contributed by atoms with Crippen LogP contribution < -0.4 is 10.7 Å². The van der Waals surface area contributed by atoms with Gasteiger partial charge in [0.15, 0.2) is 0 Å². The lowest BCUT2D eigenvalue weighted by Gasteiger charge is -2.35. The third-order valence-corrected chi connectivity index (χ3v) is 6.27. The van der Waals surface area contributed by atoms with Crippen molar-refractivity contribution in [2.24, 2.45) is 0 Å². The van der Waals surface area contributed by atoms with Gasteiger partial charge in [-0.2, -0.15) is 11.8 Å². The van der Waals surface area contributed by atoms with E-state index in [1.165, 1.54) is 0 Å². The van der Waals surface area contributed by atoms with Crippen molar-refractivity contribution in [1.29, 1.82) is 0 Å². The lowest BCUT2D eigenvalue weighted by molar-refractivity contribution is -0.146. The van der Waals surface area contributed by atoms with Crippen LogP contribution >= 0.6 is 11.8 Å². The van der Waals surface area contributed by atoms with E-state index in [2.05, 4.69) is 10.7 Å². The maximum absolute atomic E-state index is 12.5. The highest BCUT2D eigenvalue weighted by Crippen LogP contribution is 2.21. The number of hydrogen-bond donors (Lipinski definition) is 4. The van der Waals surface area contributed by atoms with Crippen LogP contribution in [0.1, 0.15) is 39.2 Å². The minimum Gasteiger partial charge on any atom is -0.480 e. The number of thioether (sulfide) groups is 1. The van der Waals surface area contributed by atoms with Crippen molar-refractivity contribution in [2.75, 3.05) is 38.2 Å². The van der Waals surface area contributed by atoms with Crippen LogP contribution in [0.4, 0.5) is 9.59 Å². The Balaban J connectivity index is 1.93. The van der Waals surface area contributed by atoms with Crippen molar-refractivity contribution in [2.45, 2.75) is 64.0 Å². The molecule has 0 aliphatic carbocycles. The molecule has 208 valence electrons. The summed E-state index contributed by atoms with van der Waals surface area (Å²) >= 11 is 1.54. The van der Waals surface area contributed by atoms with Crippen LogP contribution in [0, 0.1) is 0 Å². The fourth-order valence-electron chi connectivity index (χ4n) is 3.82. The zero-order valence-corrected chi connectivity index (χ0v) is 22.8. The average molecular weight is 541 g/mol. The average Bonchev–Trinajstić information content (AvgIpc) is 3.33. The van der Waals surface area contributed by atoms with Gasteiger partial charge >= 0.3 is 18.2 Å². The molecule has 2 amide bonds. The fourth-order valence-corrected chi connectivity index (χ4v) is 4.28. The Labute approximate surface area is 222 Å². The summed E-state index contributed by atoms with van der Waals surface area (Å²) in [6.07, 6.45) is 0.742. The topological polar surface area (TPSA) is 141 Å². The van der Waals surface area contributed by atoms with E-state index >= 15 is 0 Å². The second-order valence-corrected chi connectivity index (χ2v) is 10.9. The number of amides is 2. The molecule has 1 aromatic carbocycles. The highest BCUT2D eigenvalue weighted by atomic mass is 32.2. The number of carboxylic acid groups (broad SMARTS) is 1. The molecular weight excluding hydrogens is 500 g/mol. The lowest BCUT2D eigenvalue weighted by Crippen LogP contribution is -2.58. The quantitative estimate of drug-likeness (QED) is 0.276. The monoisotopic (exact) mass is 540 g/mol. The molecule has 3 atom stereocenters. The van der Waals surface area contributed by atoms with Gasteiger partial charge in [0, 0.05) is 32.2 Å². The number of aliphatic hydroxyl groups excluding tert-OH is 1. The molecular formula is C25H40N4O7S. The van der Waals surface area contributed by atoms with E-state index in [9.17, 15) is 24.6 Å². The van der Waals surface area contributed by atoms with Crippen LogP contribution in [0.25, 0.3) is 0 Å². The van der Waals surface area contributed by atoms with Gasteiger partial charge in [0.2, 0.25) is 0 Å². The van der Waals surface area contributed by atoms with Gasteiger partial charge in [0.25, 0.3) is 0 Å². The molecule has 1 saturated heterocycles. The molecule has 0 unspecified atom stereocenters. The third kappa shape index (κ3) is 11.2. The van der Waals surface area contributed by atoms with Gasteiger partial charge < -0.3 is 29.9 Å². The number of hydrogen-bond acceptors (Lipinski definition) is 9. The maximum Gasteiger partial charge on any atom is 0.410 e. The van der Waals surface area contributed by atoms with Crippen LogP contribution in [0.15, 0.2) is 30.3 Å². The Morgan fingerprint density at radius 2 is 1.92 bits per heavy atom. The van der Waals surface area contributed by atoms with Gasteiger partial charge in [-0.3, -0.25) is 10.2 Å². The summed E-state index contributed by atoms with van der Waals surface area (Å²) in [5.41, 5.74) is 3.28. The zero-order chi connectivity index (χ0) is 27.4. The molecule has 37 heavy (non-hydrogen) atoms. The summed E-state index contributed by atoms with van der Waals surface area (Å²) in [4.78, 5) is 38.2. The molecule has 0 aromatic heterocycles. The van der Waals surface area contributed by atoms with Crippen LogP contribution in [0.5, 0.6) is 0 Å². The number of carbonyl (C=O) groups is 3. The molecule has 1 aliphatic heterocycles. The first-order valence-electron chi connectivity index (χ1n) is 12.3. The maximum atomic E-state index is 12.5. The number of alkyl carbamates (subject to hydrolysis) is 1. The molecule has 4 N–H and O–H groups in total. The summed E-state index contributed by atoms with van der Waals surface area (Å²) in [5, 5.41) is 24.5. The highest BCUT2D eigenvalue weighted by molar-refractivity contribution is 7.98. The number of aliphatic hydroxyl groups is 1. The molecule has 1 aliphatic rings. The van der Waals surface area contributed by atoms with Crippen LogP contribution in [0.2, 0.25) is 0 Å². The summed E-state index contributed by atoms with van der Waals surface area (Å²) in [7, 11) is 0. The molecule has 12 heteroatoms. The number of hydrazine groups is 1. The number of benzene rings is 1. The number of aliphatic carboxylic acids is 1. The van der Waals surface area contributed by atoms with E-state index in [0.717, 1.165) is 5.56 Å². The molecule has 11 nitrogen and oxygen atoms in total. The minimum atomic E-state index is -0.995. The molecule has 1 heterocycles. The Hall–Kier alpha value is -2.54. The molecule has 0 bridgehead atoms. The zero-order valence-electron chi connectivity index (χ0n) is 22.0. The first-order valence-corrected chi connectivity index (χ1v) is 13.7. The van der Waals surface area contributed by atoms with Crippen molar-refractivity contribution in [3.05, 3.63) is 35.9 Å². The molecule has 1 aromatic rings. The van der Waals surface area contributed by atoms with E-state index in [0.29, 0.717) is 31.7 Å². The molecule has 0 spiro atoms. The summed E-state index contributed by atoms with van der Waals surface area (Å²) in [6, 6.07) is 8.09. The van der Waals surface area contributed by atoms with Crippen LogP contribution in [-0.2, 0) is 20.9 Å². The number of likely N-dealkylation sites (tertiary alicyclic amines) is 1. The predicted molar refractivity (Wildman–Crippen MR) is 141 cm³/mol. The summed E-state index contributed by atoms with van der Waals surface area (Å²) in [6.45, 7) is 6.15. The SMILES string of the molecule is CSCC[C@@H](C(=O)O)N(NC[C@@H](O)CNC(=O)OCc1ccccc1)[C@H]1CCN(C(=O)OC(C)(C)C)C1. The molecule has 2 rings (SSSR count). The minimum absolute atomic E-state index is 0.00491. The van der Waals surface area contributed by atoms with E-state index in [1.807, 2.05) is 36.6 Å². The smallest absolute Gasteiger partial charge is 0.410 e. The Kier molecular flexibility index (Phi) is 12.4. The van der Waals surface area contributed by atoms with Crippen molar-refractivity contribution in [3.63, 3.8) is 0 Å². The number of carbonyl (C=O) groups excluding carboxylic acids is 2. The number of nitrogens with zero attached hydrogens (tertiary/aromatic N) is 2. The standard InChI is InChI=1S/C25H40N4O7S/c1-25(2,3)36-24(34)28-12-10-19(16-28)29(21(22(31)32)11-13-37-4)27-15-20(30)14-26-23(33)35-17-18-8-6-5-7-9-18/h5-9,19-21,27,30H,10-17H2,1-4H3,(H,26,33)(H,31,32)/t19-,20-,21-/m0/s1. The second-order valence-electron chi connectivity index (χ2n) is 9.87. The van der Waals surface area contributed by atoms with Crippen molar-refractivity contribution < 1.29 is 34.1 Å². The highest BCUT2D eigenvalue weighted by Gasteiger charge is 2.38. The fraction of sp³-hybridized carbons (Fsp3) is 0.640. The largest absolute Gasteiger partial charge is 0.480 e. The van der Waals surface area contributed by atoms with Crippen molar-refractivity contribution in [1.82, 2.24) is 20.7 Å². The van der Waals surface area contributed by atoms with Gasteiger partial charge in [-0.05, 0) is 51.2 Å². The van der Waals surface area contributed by atoms with Gasteiger partial charge in [-0.1, -0.05) is 30.3 Å². The van der Waals surface area contributed by atoms with Crippen LogP contribution in [-0.4, -0.2) is 100 Å². The van der Waals surface area contributed by atoms with Crippen molar-refractivity contribution >= 4 is 29.9 Å². The van der Waals surface area contributed by atoms with Crippen LogP contribution in [0.3, 0.4) is 0 Å². The Morgan fingerprint density at radius 1 is 1.22 bits per heavy atom. The lowest BCUT2D eigenvalue weighted by atomic mass is 10.1. The third-order valence-electron chi connectivity index (χ3n) is 5.63. The van der Waals surface area contributed by atoms with Gasteiger partial charge in [-0.25, -0.2) is 14.6 Å². The van der Waals surface area contributed by atoms with Gasteiger partial charge in [0.05, 0.1) is 6.10 Å². The Morgan fingerprint density at radius 3 is 2.54 bits per heavy atom. The molecule has 1 fully saturated rings. The summed E-state index contributed by atoms with van der Waals surface area (Å²) < 4.78 is 10.6. The van der Waals surface area contributed by atoms with Gasteiger partial charge in [-0.15, -0.1) is 0 Å². The summed E-state index contributed by atoms with van der Waals surface area (Å²) in [5.74, 6) is -0.357. The molecule has 0 saturated carbocycles. The van der Waals surface area contributed by atoms with E-state index in [-0.39, 0.29) is 25.7 Å². The van der Waals surface area contributed by atoms with E-state index in [4.69, 9.17) is 9.47 Å². The predicted octanol–water partition coefficient (Wildman–Crippen LogP) is 2.30. The van der Waals surface area contributed by atoms with E-state index in [1.54, 1.807) is 42.4 Å². The number of ether oxygens (including phenoxy) is 2. The van der Waals surface area contributed by atoms with E-state index < -0.39 is 35.9 Å². The Bertz CT molecular complexity index is 868. The molecule has 0 radical (unpaired) electrons. The first kappa shape index (κ1) is 30.7. The number of rotatable bonds is 13. The second kappa shape index (κ2) is 15.0. The van der Waals surface area contributed by atoms with Crippen molar-refractivity contribution in [3.8, 4) is 0 Å². The number of nitrogens with one attached hydrogen (secondary N) is 2. The van der Waals surface area contributed by atoms with Gasteiger partial charge in [0.1, 0.15) is 18.2 Å². The first-order chi connectivity index (χ1) is 17.5. The normalized spacial score (nSPS) is 17.4.